The summed E-state index contributed by atoms with van der Waals surface area (Å²) in [5.41, 5.74) is 1.54. The van der Waals surface area contributed by atoms with Gasteiger partial charge in [0.25, 0.3) is 0 Å². The molecule has 4 rings (SSSR count). The molecule has 1 N–H and O–H groups in total. The van der Waals surface area contributed by atoms with Crippen LogP contribution in [-0.4, -0.2) is 36.6 Å². The minimum atomic E-state index is 0.774. The summed E-state index contributed by atoms with van der Waals surface area (Å²) in [4.78, 5) is 2.71. The van der Waals surface area contributed by atoms with Crippen LogP contribution in [0.25, 0.3) is 0 Å². The molecule has 21 heavy (non-hydrogen) atoms. The number of nitrogens with zero attached hydrogens (tertiary/aromatic N) is 1. The minimum absolute atomic E-state index is 0.774. The summed E-state index contributed by atoms with van der Waals surface area (Å²) < 4.78 is 0. The molecule has 1 aromatic carbocycles. The molecule has 3 aliphatic heterocycles. The second kappa shape index (κ2) is 6.10. The van der Waals surface area contributed by atoms with Gasteiger partial charge in [0.2, 0.25) is 0 Å². The van der Waals surface area contributed by atoms with Gasteiger partial charge in [0.15, 0.2) is 0 Å². The van der Waals surface area contributed by atoms with Crippen molar-refractivity contribution in [3.63, 3.8) is 0 Å². The van der Waals surface area contributed by atoms with E-state index in [4.69, 9.17) is 0 Å². The maximum absolute atomic E-state index is 3.76. The standard InChI is InChI=1S/C19H28N2/c1-2-4-16(5-3-1)17-9-11-21(14-17)10-8-15-12-18-6-7-19(13-15)20-18/h1-5,15,17-20H,6-14H2. The molecule has 0 aliphatic carbocycles. The summed E-state index contributed by atoms with van der Waals surface area (Å²) in [5.74, 6) is 1.76. The molecule has 114 valence electrons. The van der Waals surface area contributed by atoms with Crippen LogP contribution in [0.15, 0.2) is 30.3 Å². The summed E-state index contributed by atoms with van der Waals surface area (Å²) in [6.07, 6.45) is 8.51. The number of likely N-dealkylation sites (tertiary alicyclic amines) is 1. The summed E-state index contributed by atoms with van der Waals surface area (Å²) in [7, 11) is 0. The Kier molecular flexibility index (Phi) is 4.00. The lowest BCUT2D eigenvalue weighted by Crippen LogP contribution is -2.39. The third kappa shape index (κ3) is 3.17. The topological polar surface area (TPSA) is 15.3 Å². The molecule has 3 unspecified atom stereocenters. The molecule has 3 fully saturated rings. The number of fused-ring (bicyclic) bond motifs is 2. The monoisotopic (exact) mass is 284 g/mol. The smallest absolute Gasteiger partial charge is 0.00728 e. The molecule has 2 heteroatoms. The van der Waals surface area contributed by atoms with Gasteiger partial charge in [-0.2, -0.15) is 0 Å². The van der Waals surface area contributed by atoms with Crippen LogP contribution in [0.1, 0.15) is 50.0 Å². The van der Waals surface area contributed by atoms with Crippen molar-refractivity contribution < 1.29 is 0 Å². The minimum Gasteiger partial charge on any atom is -0.311 e. The van der Waals surface area contributed by atoms with E-state index in [0.717, 1.165) is 23.9 Å². The van der Waals surface area contributed by atoms with E-state index < -0.39 is 0 Å². The highest BCUT2D eigenvalue weighted by molar-refractivity contribution is 5.20. The van der Waals surface area contributed by atoms with Crippen molar-refractivity contribution in [2.24, 2.45) is 5.92 Å². The average Bonchev–Trinajstić information content (AvgIpc) is 3.13. The van der Waals surface area contributed by atoms with Crippen molar-refractivity contribution in [1.29, 1.82) is 0 Å². The van der Waals surface area contributed by atoms with Gasteiger partial charge in [-0.1, -0.05) is 30.3 Å². The van der Waals surface area contributed by atoms with Gasteiger partial charge < -0.3 is 10.2 Å². The molecular weight excluding hydrogens is 256 g/mol. The number of benzene rings is 1. The molecule has 3 aliphatic rings. The van der Waals surface area contributed by atoms with E-state index in [1.165, 1.54) is 58.2 Å². The van der Waals surface area contributed by atoms with Gasteiger partial charge in [-0.25, -0.2) is 0 Å². The van der Waals surface area contributed by atoms with E-state index in [9.17, 15) is 0 Å². The Morgan fingerprint density at radius 1 is 1.00 bits per heavy atom. The van der Waals surface area contributed by atoms with Gasteiger partial charge in [0.1, 0.15) is 0 Å². The molecule has 3 heterocycles. The van der Waals surface area contributed by atoms with Crippen molar-refractivity contribution in [3.05, 3.63) is 35.9 Å². The zero-order valence-corrected chi connectivity index (χ0v) is 13.0. The highest BCUT2D eigenvalue weighted by Crippen LogP contribution is 2.33. The lowest BCUT2D eigenvalue weighted by Gasteiger charge is -2.30. The number of rotatable bonds is 4. The zero-order valence-electron chi connectivity index (χ0n) is 13.0. The first-order valence-corrected chi connectivity index (χ1v) is 8.90. The summed E-state index contributed by atoms with van der Waals surface area (Å²) in [6.45, 7) is 3.91. The normalized spacial score (nSPS) is 36.2. The van der Waals surface area contributed by atoms with Crippen molar-refractivity contribution in [3.8, 4) is 0 Å². The fourth-order valence-electron chi connectivity index (χ4n) is 4.81. The molecule has 0 amide bonds. The van der Waals surface area contributed by atoms with Crippen LogP contribution in [-0.2, 0) is 0 Å². The van der Waals surface area contributed by atoms with Gasteiger partial charge in [-0.15, -0.1) is 0 Å². The number of nitrogens with one attached hydrogen (secondary N) is 1. The molecule has 1 aromatic rings. The lowest BCUT2D eigenvalue weighted by atomic mass is 9.89. The summed E-state index contributed by atoms with van der Waals surface area (Å²) >= 11 is 0. The number of hydrogen-bond donors (Lipinski definition) is 1. The first kappa shape index (κ1) is 13.8. The van der Waals surface area contributed by atoms with Gasteiger partial charge in [0.05, 0.1) is 0 Å². The first-order chi connectivity index (χ1) is 10.4. The average molecular weight is 284 g/mol. The van der Waals surface area contributed by atoms with Crippen LogP contribution in [0.3, 0.4) is 0 Å². The van der Waals surface area contributed by atoms with Crippen molar-refractivity contribution >= 4 is 0 Å². The molecular formula is C19H28N2. The zero-order chi connectivity index (χ0) is 14.1. The predicted octanol–water partition coefficient (Wildman–Crippen LogP) is 3.40. The van der Waals surface area contributed by atoms with Gasteiger partial charge in [-0.05, 0) is 69.0 Å². The molecule has 3 atom stereocenters. The maximum atomic E-state index is 3.76. The Labute approximate surface area is 128 Å². The molecule has 0 aromatic heterocycles. The molecule has 3 saturated heterocycles. The number of hydrogen-bond acceptors (Lipinski definition) is 2. The van der Waals surface area contributed by atoms with Crippen molar-refractivity contribution in [2.75, 3.05) is 19.6 Å². The Hall–Kier alpha value is -0.860. The van der Waals surface area contributed by atoms with Crippen LogP contribution in [0.5, 0.6) is 0 Å². The molecule has 2 nitrogen and oxygen atoms in total. The summed E-state index contributed by atoms with van der Waals surface area (Å²) in [5, 5.41) is 3.76. The van der Waals surface area contributed by atoms with Gasteiger partial charge in [0, 0.05) is 18.6 Å². The fourth-order valence-corrected chi connectivity index (χ4v) is 4.81. The second-order valence-electron chi connectivity index (χ2n) is 7.46. The van der Waals surface area contributed by atoms with Crippen LogP contribution >= 0.6 is 0 Å². The maximum Gasteiger partial charge on any atom is 0.00728 e. The van der Waals surface area contributed by atoms with E-state index in [2.05, 4.69) is 40.5 Å². The highest BCUT2D eigenvalue weighted by atomic mass is 15.1. The quantitative estimate of drug-likeness (QED) is 0.911. The van der Waals surface area contributed by atoms with E-state index in [1.807, 2.05) is 0 Å². The first-order valence-electron chi connectivity index (χ1n) is 8.90. The van der Waals surface area contributed by atoms with Gasteiger partial charge >= 0.3 is 0 Å². The Morgan fingerprint density at radius 3 is 2.52 bits per heavy atom. The van der Waals surface area contributed by atoms with Crippen LogP contribution in [0.4, 0.5) is 0 Å². The Balaban J connectivity index is 1.25. The van der Waals surface area contributed by atoms with E-state index in [0.29, 0.717) is 0 Å². The fraction of sp³-hybridized carbons (Fsp3) is 0.684. The molecule has 2 bridgehead atoms. The van der Waals surface area contributed by atoms with E-state index >= 15 is 0 Å². The SMILES string of the molecule is c1ccc(C2CCN(CCC3CC4CCC(C3)N4)C2)cc1. The highest BCUT2D eigenvalue weighted by Gasteiger charge is 2.33. The summed E-state index contributed by atoms with van der Waals surface area (Å²) in [6, 6.07) is 12.8. The molecule has 0 radical (unpaired) electrons. The largest absolute Gasteiger partial charge is 0.311 e. The third-order valence-electron chi connectivity index (χ3n) is 5.97. The Morgan fingerprint density at radius 2 is 1.76 bits per heavy atom. The van der Waals surface area contributed by atoms with E-state index in [-0.39, 0.29) is 0 Å². The van der Waals surface area contributed by atoms with Crippen LogP contribution in [0, 0.1) is 5.92 Å². The Bertz CT molecular complexity index is 446. The molecule has 0 spiro atoms. The third-order valence-corrected chi connectivity index (χ3v) is 5.97. The lowest BCUT2D eigenvalue weighted by molar-refractivity contribution is 0.241. The van der Waals surface area contributed by atoms with Crippen LogP contribution < -0.4 is 5.32 Å². The number of piperidine rings is 1. The van der Waals surface area contributed by atoms with E-state index in [1.54, 1.807) is 5.56 Å². The van der Waals surface area contributed by atoms with Crippen molar-refractivity contribution in [1.82, 2.24) is 10.2 Å². The van der Waals surface area contributed by atoms with Crippen molar-refractivity contribution in [2.45, 2.75) is 56.5 Å². The second-order valence-corrected chi connectivity index (χ2v) is 7.46. The predicted molar refractivity (Wildman–Crippen MR) is 87.5 cm³/mol. The van der Waals surface area contributed by atoms with Crippen LogP contribution in [0.2, 0.25) is 0 Å². The molecule has 0 saturated carbocycles. The van der Waals surface area contributed by atoms with Gasteiger partial charge in [-0.3, -0.25) is 0 Å².